The number of hydrogen-bond donors (Lipinski definition) is 1. The number of halogens is 1. The summed E-state index contributed by atoms with van der Waals surface area (Å²) in [6, 6.07) is 0. The number of rotatable bonds is 4. The molecular formula is C24H41BrO2. The second kappa shape index (κ2) is 7.91. The molecule has 4 fully saturated rings. The molecule has 2 nitrogen and oxygen atoms in total. The van der Waals surface area contributed by atoms with Crippen LogP contribution in [0.15, 0.2) is 0 Å². The van der Waals surface area contributed by atoms with E-state index >= 15 is 0 Å². The summed E-state index contributed by atoms with van der Waals surface area (Å²) in [4.78, 5) is 0. The monoisotopic (exact) mass is 440 g/mol. The SMILES string of the molecule is COC[C@@]1(O)CC[C@H]2[C@H](CC[C@@H]3[C@@H]2CC[C@]2(C)[C@@H]([C@@H](C)CBr)CCC[C@@H]32)C1. The molecule has 4 aliphatic rings. The van der Waals surface area contributed by atoms with Gasteiger partial charge in [-0.05, 0) is 105 Å². The average molecular weight is 441 g/mol. The molecule has 0 bridgehead atoms. The van der Waals surface area contributed by atoms with Gasteiger partial charge in [0.2, 0.25) is 0 Å². The Hall–Kier alpha value is 0.400. The lowest BCUT2D eigenvalue weighted by Crippen LogP contribution is -2.55. The summed E-state index contributed by atoms with van der Waals surface area (Å²) < 4.78 is 5.35. The molecule has 27 heavy (non-hydrogen) atoms. The summed E-state index contributed by atoms with van der Waals surface area (Å²) >= 11 is 3.79. The Kier molecular flexibility index (Phi) is 6.05. The van der Waals surface area contributed by atoms with Crippen molar-refractivity contribution in [3.8, 4) is 0 Å². The van der Waals surface area contributed by atoms with Gasteiger partial charge in [0, 0.05) is 12.4 Å². The first-order chi connectivity index (χ1) is 12.9. The standard InChI is InChI=1S/C24H41BrO2/c1-16(14-25)21-5-4-6-22-20-8-7-17-13-24(26,15-27-3)12-10-18(17)19(20)9-11-23(21,22)2/h16-22,26H,4-15H2,1-3H3/t16-,17+,18-,19+,20+,21+,22-,23+,24+/m0/s1. The summed E-state index contributed by atoms with van der Waals surface area (Å²) in [5, 5.41) is 12.1. The van der Waals surface area contributed by atoms with E-state index in [0.717, 1.165) is 59.6 Å². The minimum absolute atomic E-state index is 0.525. The van der Waals surface area contributed by atoms with Gasteiger partial charge >= 0.3 is 0 Å². The van der Waals surface area contributed by atoms with Crippen LogP contribution in [0.5, 0.6) is 0 Å². The molecule has 0 aromatic carbocycles. The van der Waals surface area contributed by atoms with Gasteiger partial charge in [0.15, 0.2) is 0 Å². The fourth-order valence-electron chi connectivity index (χ4n) is 8.64. The number of ether oxygens (including phenoxy) is 1. The average Bonchev–Trinajstić information content (AvgIpc) is 2.65. The van der Waals surface area contributed by atoms with Gasteiger partial charge < -0.3 is 9.84 Å². The van der Waals surface area contributed by atoms with E-state index in [1.165, 1.54) is 51.4 Å². The zero-order chi connectivity index (χ0) is 19.2. The Labute approximate surface area is 175 Å². The Morgan fingerprint density at radius 2 is 1.81 bits per heavy atom. The molecule has 0 radical (unpaired) electrons. The summed E-state index contributed by atoms with van der Waals surface area (Å²) in [5.41, 5.74) is 0.0259. The van der Waals surface area contributed by atoms with Crippen molar-refractivity contribution in [1.29, 1.82) is 0 Å². The van der Waals surface area contributed by atoms with E-state index in [4.69, 9.17) is 4.74 Å². The van der Waals surface area contributed by atoms with E-state index in [2.05, 4.69) is 29.8 Å². The van der Waals surface area contributed by atoms with Gasteiger partial charge in [0.1, 0.15) is 0 Å². The molecule has 0 spiro atoms. The van der Waals surface area contributed by atoms with Crippen LogP contribution >= 0.6 is 15.9 Å². The van der Waals surface area contributed by atoms with Crippen LogP contribution in [-0.2, 0) is 4.74 Å². The normalized spacial score (nSPS) is 51.0. The molecule has 9 atom stereocenters. The molecule has 1 N–H and O–H groups in total. The van der Waals surface area contributed by atoms with E-state index in [1.807, 2.05) is 0 Å². The number of hydrogen-bond acceptors (Lipinski definition) is 2. The molecule has 0 aliphatic heterocycles. The molecule has 4 saturated carbocycles. The highest BCUT2D eigenvalue weighted by Gasteiger charge is 2.56. The Morgan fingerprint density at radius 1 is 1.04 bits per heavy atom. The van der Waals surface area contributed by atoms with Crippen molar-refractivity contribution in [2.45, 2.75) is 83.7 Å². The summed E-state index contributed by atoms with van der Waals surface area (Å²) in [5.74, 6) is 6.19. The van der Waals surface area contributed by atoms with Gasteiger partial charge in [-0.1, -0.05) is 36.2 Å². The smallest absolute Gasteiger partial charge is 0.0882 e. The molecular weight excluding hydrogens is 400 g/mol. The minimum Gasteiger partial charge on any atom is -0.387 e. The van der Waals surface area contributed by atoms with Crippen LogP contribution in [0.2, 0.25) is 0 Å². The maximum Gasteiger partial charge on any atom is 0.0882 e. The second-order valence-corrected chi connectivity index (χ2v) is 11.7. The lowest BCUT2D eigenvalue weighted by Gasteiger charge is -2.62. The summed E-state index contributed by atoms with van der Waals surface area (Å²) in [6.07, 6.45) is 13.2. The highest BCUT2D eigenvalue weighted by molar-refractivity contribution is 9.09. The van der Waals surface area contributed by atoms with Gasteiger partial charge in [-0.3, -0.25) is 0 Å². The fraction of sp³-hybridized carbons (Fsp3) is 1.00. The largest absolute Gasteiger partial charge is 0.387 e. The molecule has 3 heteroatoms. The lowest BCUT2D eigenvalue weighted by molar-refractivity contribution is -0.144. The maximum atomic E-state index is 10.9. The van der Waals surface area contributed by atoms with Crippen molar-refractivity contribution in [1.82, 2.24) is 0 Å². The topological polar surface area (TPSA) is 29.5 Å². The molecule has 0 amide bonds. The first-order valence-corrected chi connectivity index (χ1v) is 12.8. The van der Waals surface area contributed by atoms with Crippen molar-refractivity contribution in [3.05, 3.63) is 0 Å². The summed E-state index contributed by atoms with van der Waals surface area (Å²) in [7, 11) is 1.73. The Bertz CT molecular complexity index is 525. The highest BCUT2D eigenvalue weighted by atomic mass is 79.9. The molecule has 0 heterocycles. The number of methoxy groups -OCH3 is 1. The maximum absolute atomic E-state index is 10.9. The van der Waals surface area contributed by atoms with E-state index < -0.39 is 5.60 Å². The third-order valence-electron chi connectivity index (χ3n) is 9.76. The molecule has 4 rings (SSSR count). The van der Waals surface area contributed by atoms with E-state index in [-0.39, 0.29) is 0 Å². The zero-order valence-electron chi connectivity index (χ0n) is 17.8. The number of aliphatic hydroxyl groups is 1. The van der Waals surface area contributed by atoms with Crippen LogP contribution in [-0.4, -0.2) is 29.8 Å². The molecule has 0 saturated heterocycles. The molecule has 4 aliphatic carbocycles. The third kappa shape index (κ3) is 3.56. The van der Waals surface area contributed by atoms with Gasteiger partial charge in [-0.2, -0.15) is 0 Å². The summed E-state index contributed by atoms with van der Waals surface area (Å²) in [6.45, 7) is 5.67. The van der Waals surface area contributed by atoms with Gasteiger partial charge in [0.05, 0.1) is 12.2 Å². The predicted molar refractivity (Wildman–Crippen MR) is 115 cm³/mol. The minimum atomic E-state index is -0.548. The fourth-order valence-corrected chi connectivity index (χ4v) is 9.09. The van der Waals surface area contributed by atoms with Crippen molar-refractivity contribution in [2.75, 3.05) is 19.0 Å². The molecule has 0 unspecified atom stereocenters. The van der Waals surface area contributed by atoms with Crippen molar-refractivity contribution < 1.29 is 9.84 Å². The van der Waals surface area contributed by atoms with Crippen LogP contribution in [0.4, 0.5) is 0 Å². The van der Waals surface area contributed by atoms with E-state index in [1.54, 1.807) is 7.11 Å². The number of fused-ring (bicyclic) bond motifs is 5. The van der Waals surface area contributed by atoms with E-state index in [0.29, 0.717) is 12.0 Å². The van der Waals surface area contributed by atoms with Gasteiger partial charge in [-0.15, -0.1) is 0 Å². The Balaban J connectivity index is 1.51. The van der Waals surface area contributed by atoms with Crippen LogP contribution in [0.25, 0.3) is 0 Å². The van der Waals surface area contributed by atoms with Gasteiger partial charge in [0.25, 0.3) is 0 Å². The van der Waals surface area contributed by atoms with Crippen LogP contribution < -0.4 is 0 Å². The number of alkyl halides is 1. The lowest BCUT2D eigenvalue weighted by atomic mass is 9.44. The van der Waals surface area contributed by atoms with Crippen LogP contribution in [0.1, 0.15) is 78.1 Å². The zero-order valence-corrected chi connectivity index (χ0v) is 19.3. The van der Waals surface area contributed by atoms with Crippen molar-refractivity contribution in [2.24, 2.45) is 46.8 Å². The van der Waals surface area contributed by atoms with Crippen LogP contribution in [0.3, 0.4) is 0 Å². The first-order valence-electron chi connectivity index (χ1n) is 11.7. The molecule has 0 aromatic rings. The predicted octanol–water partition coefficient (Wildman–Crippen LogP) is 6.05. The second-order valence-electron chi connectivity index (χ2n) is 11.0. The molecule has 0 aromatic heterocycles. The third-order valence-corrected chi connectivity index (χ3v) is 10.8. The van der Waals surface area contributed by atoms with Gasteiger partial charge in [-0.25, -0.2) is 0 Å². The van der Waals surface area contributed by atoms with Crippen molar-refractivity contribution in [3.63, 3.8) is 0 Å². The first kappa shape index (κ1) is 20.7. The Morgan fingerprint density at radius 3 is 2.56 bits per heavy atom. The van der Waals surface area contributed by atoms with Crippen LogP contribution in [0, 0.1) is 46.8 Å². The van der Waals surface area contributed by atoms with E-state index in [9.17, 15) is 5.11 Å². The van der Waals surface area contributed by atoms with Crippen molar-refractivity contribution >= 4 is 15.9 Å². The molecule has 156 valence electrons. The highest BCUT2D eigenvalue weighted by Crippen LogP contribution is 2.64. The quantitative estimate of drug-likeness (QED) is 0.538.